The summed E-state index contributed by atoms with van der Waals surface area (Å²) in [6.45, 7) is 16.7. The molecule has 0 amide bonds. The van der Waals surface area contributed by atoms with E-state index in [4.69, 9.17) is 8.83 Å². The molecule has 0 aliphatic heterocycles. The summed E-state index contributed by atoms with van der Waals surface area (Å²) in [6, 6.07) is 52.0. The van der Waals surface area contributed by atoms with E-state index in [0.29, 0.717) is 0 Å². The smallest absolute Gasteiger partial charge is 0.144 e. The third-order valence-electron chi connectivity index (χ3n) is 15.1. The molecule has 0 spiro atoms. The van der Waals surface area contributed by atoms with Crippen LogP contribution in [0.15, 0.2) is 148 Å². The maximum atomic E-state index is 6.95. The molecule has 0 saturated carbocycles. The van der Waals surface area contributed by atoms with Crippen molar-refractivity contribution in [3.8, 4) is 44.5 Å². The van der Waals surface area contributed by atoms with Gasteiger partial charge in [-0.25, -0.2) is 0 Å². The van der Waals surface area contributed by atoms with Crippen LogP contribution in [0, 0.1) is 6.92 Å². The highest BCUT2D eigenvalue weighted by atomic mass is 16.3. The molecule has 3 aliphatic rings. The van der Waals surface area contributed by atoms with Crippen LogP contribution in [0.5, 0.6) is 0 Å². The summed E-state index contributed by atoms with van der Waals surface area (Å²) < 4.78 is 13.7. The Morgan fingerprint density at radius 2 is 0.934 bits per heavy atom. The SMILES string of the molecule is Cc1ccc(-c2cc3c(c4c2oc2ccccc24)-c2ccc(Cc4ccc5c(c4)C(C)(C)c4c6c(c7c(oc8ccccc87)c4-5)-c4ccccc4C6(C)C)cc2C3(C)C)cc1. The van der Waals surface area contributed by atoms with Crippen molar-refractivity contribution in [1.82, 2.24) is 0 Å². The quantitative estimate of drug-likeness (QED) is 0.178. The monoisotopic (exact) mass is 786 g/mol. The lowest BCUT2D eigenvalue weighted by molar-refractivity contribution is 0.599. The van der Waals surface area contributed by atoms with E-state index in [0.717, 1.165) is 34.3 Å². The third-order valence-corrected chi connectivity index (χ3v) is 15.1. The van der Waals surface area contributed by atoms with Gasteiger partial charge in [-0.2, -0.15) is 0 Å². The molecule has 294 valence electrons. The Kier molecular flexibility index (Phi) is 6.68. The molecule has 3 aliphatic carbocycles. The molecule has 61 heavy (non-hydrogen) atoms. The second-order valence-electron chi connectivity index (χ2n) is 19.7. The van der Waals surface area contributed by atoms with Crippen LogP contribution < -0.4 is 0 Å². The van der Waals surface area contributed by atoms with Crippen molar-refractivity contribution in [2.24, 2.45) is 0 Å². The molecule has 0 atom stereocenters. The summed E-state index contributed by atoms with van der Waals surface area (Å²) in [6.07, 6.45) is 0.854. The fourth-order valence-electron chi connectivity index (χ4n) is 12.1. The zero-order chi connectivity index (χ0) is 41.3. The Balaban J connectivity index is 0.954. The van der Waals surface area contributed by atoms with Gasteiger partial charge in [-0.15, -0.1) is 0 Å². The van der Waals surface area contributed by atoms with Crippen LogP contribution in [0.3, 0.4) is 0 Å². The van der Waals surface area contributed by atoms with Crippen LogP contribution in [-0.2, 0) is 22.7 Å². The van der Waals surface area contributed by atoms with Gasteiger partial charge in [0.05, 0.1) is 0 Å². The van der Waals surface area contributed by atoms with Crippen LogP contribution in [0.1, 0.15) is 91.6 Å². The number of rotatable bonds is 3. The van der Waals surface area contributed by atoms with E-state index in [1.54, 1.807) is 0 Å². The summed E-state index contributed by atoms with van der Waals surface area (Å²) >= 11 is 0. The fourth-order valence-corrected chi connectivity index (χ4v) is 12.1. The van der Waals surface area contributed by atoms with Gasteiger partial charge in [0.1, 0.15) is 22.3 Å². The van der Waals surface area contributed by atoms with Crippen molar-refractivity contribution in [3.05, 3.63) is 190 Å². The van der Waals surface area contributed by atoms with E-state index in [2.05, 4.69) is 188 Å². The van der Waals surface area contributed by atoms with Gasteiger partial charge < -0.3 is 8.83 Å². The molecule has 0 bridgehead atoms. The minimum atomic E-state index is -0.229. The van der Waals surface area contributed by atoms with Crippen molar-refractivity contribution >= 4 is 43.9 Å². The molecule has 0 saturated heterocycles. The molecule has 13 rings (SSSR count). The van der Waals surface area contributed by atoms with Gasteiger partial charge in [-0.3, -0.25) is 0 Å². The van der Waals surface area contributed by atoms with Crippen molar-refractivity contribution in [2.75, 3.05) is 0 Å². The Morgan fingerprint density at radius 3 is 1.62 bits per heavy atom. The predicted molar refractivity (Wildman–Crippen MR) is 253 cm³/mol. The number of furan rings is 2. The number of hydrogen-bond donors (Lipinski definition) is 0. The van der Waals surface area contributed by atoms with Crippen LogP contribution in [0.2, 0.25) is 0 Å². The van der Waals surface area contributed by atoms with Crippen LogP contribution in [0.4, 0.5) is 0 Å². The van der Waals surface area contributed by atoms with Crippen LogP contribution in [0.25, 0.3) is 88.4 Å². The maximum Gasteiger partial charge on any atom is 0.144 e. The number of fused-ring (bicyclic) bond motifs is 19. The van der Waals surface area contributed by atoms with Crippen molar-refractivity contribution in [3.63, 3.8) is 0 Å². The highest BCUT2D eigenvalue weighted by Crippen LogP contribution is 2.63. The predicted octanol–water partition coefficient (Wildman–Crippen LogP) is 16.0. The molecule has 10 aromatic rings. The molecule has 2 nitrogen and oxygen atoms in total. The highest BCUT2D eigenvalue weighted by molar-refractivity contribution is 6.21. The fraction of sp³-hybridized carbons (Fsp3) is 0.186. The Labute approximate surface area is 356 Å². The summed E-state index contributed by atoms with van der Waals surface area (Å²) in [5, 5.41) is 4.85. The lowest BCUT2D eigenvalue weighted by atomic mass is 9.72. The zero-order valence-corrected chi connectivity index (χ0v) is 35.8. The number of para-hydroxylation sites is 2. The normalized spacial score (nSPS) is 15.9. The number of benzene rings is 8. The van der Waals surface area contributed by atoms with Crippen molar-refractivity contribution in [1.29, 1.82) is 0 Å². The van der Waals surface area contributed by atoms with Gasteiger partial charge >= 0.3 is 0 Å². The van der Waals surface area contributed by atoms with E-state index < -0.39 is 0 Å². The number of hydrogen-bond acceptors (Lipinski definition) is 2. The Morgan fingerprint density at radius 1 is 0.410 bits per heavy atom. The average molecular weight is 787 g/mol. The zero-order valence-electron chi connectivity index (χ0n) is 35.8. The maximum absolute atomic E-state index is 6.95. The van der Waals surface area contributed by atoms with E-state index in [1.165, 1.54) is 111 Å². The number of aryl methyl sites for hydroxylation is 1. The molecule has 8 aromatic carbocycles. The lowest BCUT2D eigenvalue weighted by Crippen LogP contribution is -2.24. The van der Waals surface area contributed by atoms with Crippen molar-refractivity contribution < 1.29 is 8.83 Å². The lowest BCUT2D eigenvalue weighted by Gasteiger charge is -2.31. The largest absolute Gasteiger partial charge is 0.455 e. The second-order valence-corrected chi connectivity index (χ2v) is 19.7. The minimum Gasteiger partial charge on any atom is -0.455 e. The molecular weight excluding hydrogens is 741 g/mol. The second kappa shape index (κ2) is 11.6. The van der Waals surface area contributed by atoms with E-state index in [-0.39, 0.29) is 16.2 Å². The molecule has 0 N–H and O–H groups in total. The summed E-state index contributed by atoms with van der Waals surface area (Å²) in [5.41, 5.74) is 25.8. The molecule has 0 fully saturated rings. The molecule has 2 heterocycles. The highest BCUT2D eigenvalue weighted by Gasteiger charge is 2.48. The minimum absolute atomic E-state index is 0.158. The topological polar surface area (TPSA) is 26.3 Å². The molecule has 0 unspecified atom stereocenters. The molecular formula is C59H46O2. The average Bonchev–Trinajstić information content (AvgIpc) is 4.00. The first-order valence-electron chi connectivity index (χ1n) is 21.9. The van der Waals surface area contributed by atoms with Crippen LogP contribution >= 0.6 is 0 Å². The first-order valence-corrected chi connectivity index (χ1v) is 21.9. The molecule has 0 radical (unpaired) electrons. The van der Waals surface area contributed by atoms with Crippen LogP contribution in [-0.4, -0.2) is 0 Å². The Hall–Kier alpha value is -6.64. The van der Waals surface area contributed by atoms with Gasteiger partial charge in [0.25, 0.3) is 0 Å². The van der Waals surface area contributed by atoms with E-state index in [1.807, 2.05) is 0 Å². The third kappa shape index (κ3) is 4.42. The van der Waals surface area contributed by atoms with Gasteiger partial charge in [-0.05, 0) is 109 Å². The molecule has 2 aromatic heterocycles. The first-order chi connectivity index (χ1) is 29.4. The van der Waals surface area contributed by atoms with E-state index >= 15 is 0 Å². The van der Waals surface area contributed by atoms with E-state index in [9.17, 15) is 0 Å². The van der Waals surface area contributed by atoms with Gasteiger partial charge in [0.15, 0.2) is 0 Å². The van der Waals surface area contributed by atoms with Gasteiger partial charge in [-0.1, -0.05) is 168 Å². The van der Waals surface area contributed by atoms with Gasteiger partial charge in [0.2, 0.25) is 0 Å². The summed E-state index contributed by atoms with van der Waals surface area (Å²) in [7, 11) is 0. The summed E-state index contributed by atoms with van der Waals surface area (Å²) in [4.78, 5) is 0. The first kappa shape index (κ1) is 35.1. The van der Waals surface area contributed by atoms with Gasteiger partial charge in [0, 0.05) is 48.9 Å². The standard InChI is InChI=1S/C59H46O2/c1-32-20-24-35(25-21-32)41-31-45-48(50-39-15-9-12-18-46(39)60-55(41)50)37-26-22-33(29-43(37)57(45,2)3)28-34-23-27-38-44(30-34)59(6,7)54-52(38)56-51(40-16-10-13-19-47(40)61-56)49-36-14-8-11-17-42(36)58(4,5)53(49)54/h8-27,29-31H,28H2,1-7H3. The molecule has 2 heteroatoms. The Bertz CT molecular complexity index is 3580. The van der Waals surface area contributed by atoms with Crippen molar-refractivity contribution in [2.45, 2.75) is 71.1 Å². The summed E-state index contributed by atoms with van der Waals surface area (Å²) in [5.74, 6) is 0.